The lowest BCUT2D eigenvalue weighted by Gasteiger charge is -2.40. The number of hydrogen-bond donors (Lipinski definition) is 1. The van der Waals surface area contributed by atoms with Gasteiger partial charge in [-0.05, 0) is 31.2 Å². The summed E-state index contributed by atoms with van der Waals surface area (Å²) in [7, 11) is 0. The Morgan fingerprint density at radius 2 is 1.87 bits per heavy atom. The quantitative estimate of drug-likeness (QED) is 0.488. The van der Waals surface area contributed by atoms with Crippen molar-refractivity contribution >= 4 is 33.6 Å². The van der Waals surface area contributed by atoms with Crippen molar-refractivity contribution in [2.45, 2.75) is 13.0 Å². The maximum absolute atomic E-state index is 14.9. The summed E-state index contributed by atoms with van der Waals surface area (Å²) in [5, 5.41) is 15.9. The highest BCUT2D eigenvalue weighted by atomic mass is 35.5. The average Bonchev–Trinajstić information content (AvgIpc) is 3.27. The van der Waals surface area contributed by atoms with Crippen LogP contribution >= 0.6 is 22.9 Å². The molecule has 0 bridgehead atoms. The molecule has 160 valence electrons. The van der Waals surface area contributed by atoms with Crippen LogP contribution in [0.3, 0.4) is 0 Å². The Bertz CT molecular complexity index is 1230. The molecule has 0 spiro atoms. The molecule has 0 amide bonds. The Labute approximate surface area is 188 Å². The van der Waals surface area contributed by atoms with Crippen LogP contribution in [0.25, 0.3) is 4.96 Å². The van der Waals surface area contributed by atoms with E-state index in [4.69, 9.17) is 11.6 Å². The molecule has 1 saturated heterocycles. The molecule has 1 fully saturated rings. The summed E-state index contributed by atoms with van der Waals surface area (Å²) in [4.78, 5) is 10.1. The number of aromatic hydroxyl groups is 1. The summed E-state index contributed by atoms with van der Waals surface area (Å²) in [6.07, 6.45) is 0. The maximum Gasteiger partial charge on any atom is 0.230 e. The lowest BCUT2D eigenvalue weighted by Crippen LogP contribution is -2.48. The molecule has 1 N–H and O–H groups in total. The van der Waals surface area contributed by atoms with Gasteiger partial charge in [0.15, 0.2) is 0 Å². The summed E-state index contributed by atoms with van der Waals surface area (Å²) >= 11 is 7.51. The SMILES string of the molecule is Cc1nc2sc(C(c3ccccc3F)N3CCN(c4cccc(Cl)c4)CC3)c(O)n2n1. The van der Waals surface area contributed by atoms with Gasteiger partial charge in [-0.25, -0.2) is 9.37 Å². The highest BCUT2D eigenvalue weighted by Crippen LogP contribution is 2.41. The fraction of sp³-hybridized carbons (Fsp3) is 0.273. The molecule has 0 aliphatic carbocycles. The summed E-state index contributed by atoms with van der Waals surface area (Å²) < 4.78 is 16.3. The fourth-order valence-electron chi connectivity index (χ4n) is 4.14. The van der Waals surface area contributed by atoms with Crippen molar-refractivity contribution in [2.24, 2.45) is 0 Å². The second kappa shape index (κ2) is 8.11. The van der Waals surface area contributed by atoms with E-state index in [-0.39, 0.29) is 11.7 Å². The zero-order valence-electron chi connectivity index (χ0n) is 16.9. The number of fused-ring (bicyclic) bond motifs is 1. The molecule has 1 aliphatic heterocycles. The van der Waals surface area contributed by atoms with Crippen molar-refractivity contribution in [1.29, 1.82) is 0 Å². The topological polar surface area (TPSA) is 56.9 Å². The van der Waals surface area contributed by atoms with Crippen LogP contribution in [-0.2, 0) is 0 Å². The number of aryl methyl sites for hydroxylation is 1. The van der Waals surface area contributed by atoms with Crippen LogP contribution < -0.4 is 4.90 Å². The van der Waals surface area contributed by atoms with Gasteiger partial charge in [-0.3, -0.25) is 4.90 Å². The van der Waals surface area contributed by atoms with Crippen LogP contribution in [0.5, 0.6) is 5.88 Å². The molecule has 5 rings (SSSR count). The molecule has 2 aromatic heterocycles. The number of anilines is 1. The van der Waals surface area contributed by atoms with Gasteiger partial charge in [0.1, 0.15) is 11.6 Å². The molecule has 2 aromatic carbocycles. The summed E-state index contributed by atoms with van der Waals surface area (Å²) in [5.41, 5.74) is 1.61. The molecular formula is C22H21ClFN5OS. The second-order valence-corrected chi connectivity index (χ2v) is 9.02. The van der Waals surface area contributed by atoms with E-state index < -0.39 is 6.04 Å². The molecule has 0 saturated carbocycles. The van der Waals surface area contributed by atoms with Crippen LogP contribution in [0.2, 0.25) is 5.02 Å². The second-order valence-electron chi connectivity index (χ2n) is 7.57. The van der Waals surface area contributed by atoms with Crippen LogP contribution in [0.15, 0.2) is 48.5 Å². The molecule has 4 aromatic rings. The van der Waals surface area contributed by atoms with Gasteiger partial charge < -0.3 is 10.0 Å². The maximum atomic E-state index is 14.9. The first-order valence-corrected chi connectivity index (χ1v) is 11.2. The number of benzene rings is 2. The number of aromatic nitrogens is 3. The summed E-state index contributed by atoms with van der Waals surface area (Å²) in [6.45, 7) is 4.73. The zero-order valence-corrected chi connectivity index (χ0v) is 18.4. The van der Waals surface area contributed by atoms with Gasteiger partial charge in [-0.2, -0.15) is 4.52 Å². The third-order valence-electron chi connectivity index (χ3n) is 5.61. The van der Waals surface area contributed by atoms with Crippen molar-refractivity contribution in [1.82, 2.24) is 19.5 Å². The Balaban J connectivity index is 1.49. The normalized spacial score (nSPS) is 16.2. The molecular weight excluding hydrogens is 437 g/mol. The van der Waals surface area contributed by atoms with E-state index in [0.717, 1.165) is 18.8 Å². The van der Waals surface area contributed by atoms with Gasteiger partial charge in [0.05, 0.1) is 10.9 Å². The number of rotatable bonds is 4. The number of hydrogen-bond acceptors (Lipinski definition) is 6. The Morgan fingerprint density at radius 1 is 1.10 bits per heavy atom. The zero-order chi connectivity index (χ0) is 21.5. The smallest absolute Gasteiger partial charge is 0.230 e. The standard InChI is InChI=1S/C22H21ClFN5OS/c1-14-25-22-29(26-14)21(30)20(31-22)19(17-7-2-3-8-18(17)24)28-11-9-27(10-12-28)16-6-4-5-15(23)13-16/h2-8,13,19,30H,9-12H2,1H3. The minimum Gasteiger partial charge on any atom is -0.492 e. The monoisotopic (exact) mass is 457 g/mol. The molecule has 1 aliphatic rings. The number of piperazine rings is 1. The third kappa shape index (κ3) is 3.75. The van der Waals surface area contributed by atoms with E-state index in [1.54, 1.807) is 19.1 Å². The number of nitrogens with zero attached hydrogens (tertiary/aromatic N) is 5. The molecule has 1 unspecified atom stereocenters. The largest absolute Gasteiger partial charge is 0.492 e. The minimum atomic E-state index is -0.420. The van der Waals surface area contributed by atoms with Crippen LogP contribution in [0.1, 0.15) is 22.3 Å². The van der Waals surface area contributed by atoms with E-state index in [1.807, 2.05) is 30.3 Å². The lowest BCUT2D eigenvalue weighted by molar-refractivity contribution is 0.208. The van der Waals surface area contributed by atoms with E-state index in [0.29, 0.717) is 39.3 Å². The van der Waals surface area contributed by atoms with Gasteiger partial charge >= 0.3 is 0 Å². The van der Waals surface area contributed by atoms with Gasteiger partial charge in [0, 0.05) is 42.5 Å². The highest BCUT2D eigenvalue weighted by Gasteiger charge is 2.33. The molecule has 3 heterocycles. The van der Waals surface area contributed by atoms with E-state index >= 15 is 0 Å². The van der Waals surface area contributed by atoms with Crippen molar-refractivity contribution in [2.75, 3.05) is 31.1 Å². The average molecular weight is 458 g/mol. The van der Waals surface area contributed by atoms with Gasteiger partial charge in [-0.15, -0.1) is 5.10 Å². The van der Waals surface area contributed by atoms with Gasteiger partial charge in [0.25, 0.3) is 0 Å². The predicted molar refractivity (Wildman–Crippen MR) is 121 cm³/mol. The first-order chi connectivity index (χ1) is 15.0. The molecule has 0 radical (unpaired) electrons. The van der Waals surface area contributed by atoms with Crippen LogP contribution in [0.4, 0.5) is 10.1 Å². The molecule has 31 heavy (non-hydrogen) atoms. The third-order valence-corrected chi connectivity index (χ3v) is 6.91. The summed E-state index contributed by atoms with van der Waals surface area (Å²) in [6, 6.07) is 14.1. The van der Waals surface area contributed by atoms with E-state index in [1.165, 1.54) is 21.9 Å². The minimum absolute atomic E-state index is 0.0196. The van der Waals surface area contributed by atoms with Crippen molar-refractivity contribution < 1.29 is 9.50 Å². The molecule has 1 atom stereocenters. The Morgan fingerprint density at radius 3 is 2.58 bits per heavy atom. The van der Waals surface area contributed by atoms with Gasteiger partial charge in [-0.1, -0.05) is 47.2 Å². The number of thiazole rings is 1. The first-order valence-electron chi connectivity index (χ1n) is 10.1. The van der Waals surface area contributed by atoms with Crippen molar-refractivity contribution in [3.8, 4) is 5.88 Å². The van der Waals surface area contributed by atoms with E-state index in [9.17, 15) is 9.50 Å². The Kier molecular flexibility index (Phi) is 5.29. The summed E-state index contributed by atoms with van der Waals surface area (Å²) in [5.74, 6) is 0.316. The predicted octanol–water partition coefficient (Wildman–Crippen LogP) is 4.51. The highest BCUT2D eigenvalue weighted by molar-refractivity contribution is 7.17. The van der Waals surface area contributed by atoms with Crippen molar-refractivity contribution in [3.05, 3.63) is 75.6 Å². The first kappa shape index (κ1) is 20.2. The number of halogens is 2. The Hall–Kier alpha value is -2.68. The van der Waals surface area contributed by atoms with Crippen LogP contribution in [0, 0.1) is 12.7 Å². The van der Waals surface area contributed by atoms with Gasteiger partial charge in [0.2, 0.25) is 10.8 Å². The van der Waals surface area contributed by atoms with Crippen molar-refractivity contribution in [3.63, 3.8) is 0 Å². The lowest BCUT2D eigenvalue weighted by atomic mass is 10.0. The van der Waals surface area contributed by atoms with Crippen LogP contribution in [-0.4, -0.2) is 50.8 Å². The van der Waals surface area contributed by atoms with E-state index in [2.05, 4.69) is 19.9 Å². The fourth-order valence-corrected chi connectivity index (χ4v) is 5.48. The molecule has 6 nitrogen and oxygen atoms in total. The molecule has 9 heteroatoms.